The standard InChI is InChI=1S/C13H13BrN2O3/c1-19-12(17)3-2-6-16-8-15-11-5-4-9(14)7-10(11)13(16)18/h4-5,7-8H,2-3,6H2,1H3. The van der Waals surface area contributed by atoms with Crippen molar-refractivity contribution in [3.8, 4) is 0 Å². The molecular formula is C13H13BrN2O3. The van der Waals surface area contributed by atoms with Crippen LogP contribution in [-0.4, -0.2) is 22.6 Å². The maximum atomic E-state index is 12.2. The number of ether oxygens (including phenoxy) is 1. The lowest BCUT2D eigenvalue weighted by Gasteiger charge is -2.06. The average molecular weight is 325 g/mol. The van der Waals surface area contributed by atoms with E-state index in [4.69, 9.17) is 0 Å². The number of esters is 1. The highest BCUT2D eigenvalue weighted by molar-refractivity contribution is 9.10. The second-order valence-corrected chi connectivity index (χ2v) is 5.00. The maximum absolute atomic E-state index is 12.2. The molecule has 1 aromatic heterocycles. The van der Waals surface area contributed by atoms with Crippen molar-refractivity contribution in [2.24, 2.45) is 0 Å². The first kappa shape index (κ1) is 13.7. The predicted octanol–water partition coefficient (Wildman–Crippen LogP) is 2.11. The van der Waals surface area contributed by atoms with Gasteiger partial charge in [0.1, 0.15) is 0 Å². The fraction of sp³-hybridized carbons (Fsp3) is 0.308. The van der Waals surface area contributed by atoms with Crippen LogP contribution in [0, 0.1) is 0 Å². The Kier molecular flexibility index (Phi) is 4.31. The van der Waals surface area contributed by atoms with Gasteiger partial charge in [-0.15, -0.1) is 0 Å². The average Bonchev–Trinajstić information content (AvgIpc) is 2.41. The zero-order valence-corrected chi connectivity index (χ0v) is 12.0. The van der Waals surface area contributed by atoms with Gasteiger partial charge < -0.3 is 4.74 Å². The molecule has 100 valence electrons. The van der Waals surface area contributed by atoms with E-state index in [9.17, 15) is 9.59 Å². The minimum Gasteiger partial charge on any atom is -0.469 e. The highest BCUT2D eigenvalue weighted by Gasteiger charge is 2.06. The molecule has 0 amide bonds. The molecule has 19 heavy (non-hydrogen) atoms. The Morgan fingerprint density at radius 2 is 2.26 bits per heavy atom. The van der Waals surface area contributed by atoms with Crippen molar-refractivity contribution in [3.63, 3.8) is 0 Å². The number of aromatic nitrogens is 2. The van der Waals surface area contributed by atoms with Crippen molar-refractivity contribution >= 4 is 32.8 Å². The van der Waals surface area contributed by atoms with Crippen LogP contribution in [0.2, 0.25) is 0 Å². The van der Waals surface area contributed by atoms with Crippen molar-refractivity contribution in [2.45, 2.75) is 19.4 Å². The molecule has 2 aromatic rings. The van der Waals surface area contributed by atoms with Gasteiger partial charge in [0.25, 0.3) is 5.56 Å². The molecule has 2 rings (SSSR count). The number of methoxy groups -OCH3 is 1. The summed E-state index contributed by atoms with van der Waals surface area (Å²) < 4.78 is 6.91. The van der Waals surface area contributed by atoms with Crippen molar-refractivity contribution in [1.82, 2.24) is 9.55 Å². The first-order valence-electron chi connectivity index (χ1n) is 5.83. The van der Waals surface area contributed by atoms with Gasteiger partial charge in [-0.3, -0.25) is 14.2 Å². The number of hydrogen-bond acceptors (Lipinski definition) is 4. The molecule has 0 atom stereocenters. The molecule has 0 aliphatic rings. The van der Waals surface area contributed by atoms with E-state index in [2.05, 4.69) is 25.7 Å². The van der Waals surface area contributed by atoms with E-state index in [1.54, 1.807) is 12.1 Å². The van der Waals surface area contributed by atoms with Crippen molar-refractivity contribution in [3.05, 3.63) is 39.4 Å². The molecule has 1 aromatic carbocycles. The fourth-order valence-corrected chi connectivity index (χ4v) is 2.15. The largest absolute Gasteiger partial charge is 0.469 e. The molecule has 6 heteroatoms. The molecule has 0 bridgehead atoms. The minimum atomic E-state index is -0.274. The zero-order chi connectivity index (χ0) is 13.8. The molecular weight excluding hydrogens is 312 g/mol. The SMILES string of the molecule is COC(=O)CCCn1cnc2ccc(Br)cc2c1=O. The molecule has 0 saturated carbocycles. The third kappa shape index (κ3) is 3.20. The van der Waals surface area contributed by atoms with Gasteiger partial charge in [0.05, 0.1) is 24.3 Å². The zero-order valence-electron chi connectivity index (χ0n) is 10.4. The number of rotatable bonds is 4. The van der Waals surface area contributed by atoms with Crippen LogP contribution in [0.5, 0.6) is 0 Å². The van der Waals surface area contributed by atoms with Crippen molar-refractivity contribution < 1.29 is 9.53 Å². The number of nitrogens with zero attached hydrogens (tertiary/aromatic N) is 2. The summed E-state index contributed by atoms with van der Waals surface area (Å²) in [5.41, 5.74) is 0.564. The summed E-state index contributed by atoms with van der Waals surface area (Å²) in [5, 5.41) is 0.565. The Bertz CT molecular complexity index is 666. The monoisotopic (exact) mass is 324 g/mol. The summed E-state index contributed by atoms with van der Waals surface area (Å²) in [5.74, 6) is -0.274. The highest BCUT2D eigenvalue weighted by Crippen LogP contribution is 2.14. The summed E-state index contributed by atoms with van der Waals surface area (Å²) in [7, 11) is 1.35. The summed E-state index contributed by atoms with van der Waals surface area (Å²) in [6.07, 6.45) is 2.35. The summed E-state index contributed by atoms with van der Waals surface area (Å²) in [4.78, 5) is 27.5. The van der Waals surface area contributed by atoms with Crippen molar-refractivity contribution in [1.29, 1.82) is 0 Å². The molecule has 0 N–H and O–H groups in total. The smallest absolute Gasteiger partial charge is 0.305 e. The van der Waals surface area contributed by atoms with Gasteiger partial charge in [-0.25, -0.2) is 4.98 Å². The number of benzene rings is 1. The molecule has 0 spiro atoms. The normalized spacial score (nSPS) is 10.6. The summed E-state index contributed by atoms with van der Waals surface area (Å²) in [6.45, 7) is 0.448. The molecule has 5 nitrogen and oxygen atoms in total. The second kappa shape index (κ2) is 5.97. The van der Waals surface area contributed by atoms with Crippen LogP contribution in [0.15, 0.2) is 33.8 Å². The topological polar surface area (TPSA) is 61.2 Å². The number of fused-ring (bicyclic) bond motifs is 1. The Morgan fingerprint density at radius 3 is 3.00 bits per heavy atom. The lowest BCUT2D eigenvalue weighted by molar-refractivity contribution is -0.140. The van der Waals surface area contributed by atoms with E-state index in [-0.39, 0.29) is 11.5 Å². The molecule has 1 heterocycles. The van der Waals surface area contributed by atoms with E-state index in [0.29, 0.717) is 30.3 Å². The Morgan fingerprint density at radius 1 is 1.47 bits per heavy atom. The van der Waals surface area contributed by atoms with Crippen LogP contribution < -0.4 is 5.56 Å². The molecule has 0 radical (unpaired) electrons. The second-order valence-electron chi connectivity index (χ2n) is 4.08. The van der Waals surface area contributed by atoms with Gasteiger partial charge in [-0.2, -0.15) is 0 Å². The van der Waals surface area contributed by atoms with Gasteiger partial charge >= 0.3 is 5.97 Å². The van der Waals surface area contributed by atoms with Crippen LogP contribution in [0.1, 0.15) is 12.8 Å². The van der Waals surface area contributed by atoms with Gasteiger partial charge in [0, 0.05) is 17.4 Å². The predicted molar refractivity (Wildman–Crippen MR) is 75.0 cm³/mol. The third-order valence-corrected chi connectivity index (χ3v) is 3.29. The first-order valence-corrected chi connectivity index (χ1v) is 6.62. The van der Waals surface area contributed by atoms with E-state index in [1.807, 2.05) is 6.07 Å². The van der Waals surface area contributed by atoms with Crippen LogP contribution in [0.25, 0.3) is 10.9 Å². The highest BCUT2D eigenvalue weighted by atomic mass is 79.9. The molecule has 0 unspecified atom stereocenters. The van der Waals surface area contributed by atoms with Gasteiger partial charge in [0.2, 0.25) is 0 Å². The number of aryl methyl sites for hydroxylation is 1. The van der Waals surface area contributed by atoms with E-state index >= 15 is 0 Å². The minimum absolute atomic E-state index is 0.101. The maximum Gasteiger partial charge on any atom is 0.305 e. The van der Waals surface area contributed by atoms with Gasteiger partial charge in [-0.1, -0.05) is 15.9 Å². The van der Waals surface area contributed by atoms with Gasteiger partial charge in [0.15, 0.2) is 0 Å². The Balaban J connectivity index is 2.22. The number of hydrogen-bond donors (Lipinski definition) is 0. The van der Waals surface area contributed by atoms with Crippen LogP contribution in [-0.2, 0) is 16.1 Å². The molecule has 0 aliphatic heterocycles. The summed E-state index contributed by atoms with van der Waals surface area (Å²) in [6, 6.07) is 5.39. The Labute approximate surface area is 118 Å². The van der Waals surface area contributed by atoms with Crippen molar-refractivity contribution in [2.75, 3.05) is 7.11 Å². The molecule has 0 aliphatic carbocycles. The first-order chi connectivity index (χ1) is 9.11. The fourth-order valence-electron chi connectivity index (χ4n) is 1.79. The van der Waals surface area contributed by atoms with E-state index < -0.39 is 0 Å². The molecule has 0 fully saturated rings. The number of carbonyl (C=O) groups excluding carboxylic acids is 1. The summed E-state index contributed by atoms with van der Waals surface area (Å²) >= 11 is 3.34. The van der Waals surface area contributed by atoms with Crippen LogP contribution in [0.3, 0.4) is 0 Å². The lowest BCUT2D eigenvalue weighted by atomic mass is 10.2. The quantitative estimate of drug-likeness (QED) is 0.808. The number of carbonyl (C=O) groups is 1. The Hall–Kier alpha value is -1.69. The number of halogens is 1. The van der Waals surface area contributed by atoms with Crippen LogP contribution in [0.4, 0.5) is 0 Å². The van der Waals surface area contributed by atoms with E-state index in [1.165, 1.54) is 18.0 Å². The van der Waals surface area contributed by atoms with Gasteiger partial charge in [-0.05, 0) is 24.6 Å². The third-order valence-electron chi connectivity index (χ3n) is 2.79. The lowest BCUT2D eigenvalue weighted by Crippen LogP contribution is -2.21. The van der Waals surface area contributed by atoms with E-state index in [0.717, 1.165) is 4.47 Å². The van der Waals surface area contributed by atoms with Crippen LogP contribution >= 0.6 is 15.9 Å². The molecule has 0 saturated heterocycles.